The summed E-state index contributed by atoms with van der Waals surface area (Å²) in [6, 6.07) is 30.9. The number of benzene rings is 4. The molecule has 2 atom stereocenters. The Morgan fingerprint density at radius 1 is 0.846 bits per heavy atom. The van der Waals surface area contributed by atoms with E-state index in [1.807, 2.05) is 0 Å². The average molecular weight is 506 g/mol. The summed E-state index contributed by atoms with van der Waals surface area (Å²) in [5.74, 6) is 1.55. The Morgan fingerprint density at radius 3 is 2.54 bits per heavy atom. The molecule has 1 aromatic heterocycles. The standard InChI is InChI=1S/C36H31N3/c1-22-11-10-12-23(21-22)33-35(38-30-17-8-7-16-29(30)37-33)39-31-18-9-5-13-24(31)25-19-20-28-32(34(25)39)26-14-4-6-15-27(26)36(28,2)3/h4-20,22,33,37H,21H2,1-3H3. The van der Waals surface area contributed by atoms with Crippen LogP contribution in [0.2, 0.25) is 0 Å². The van der Waals surface area contributed by atoms with Crippen LogP contribution in [0.1, 0.15) is 38.3 Å². The van der Waals surface area contributed by atoms with Gasteiger partial charge in [-0.25, -0.2) is 4.99 Å². The Hall–Kier alpha value is -4.37. The number of rotatable bonds is 1. The second-order valence-corrected chi connectivity index (χ2v) is 11.8. The van der Waals surface area contributed by atoms with Gasteiger partial charge in [-0.15, -0.1) is 0 Å². The van der Waals surface area contributed by atoms with E-state index in [2.05, 4.69) is 134 Å². The van der Waals surface area contributed by atoms with Crippen LogP contribution < -0.4 is 5.32 Å². The van der Waals surface area contributed by atoms with Crippen molar-refractivity contribution in [3.05, 3.63) is 120 Å². The van der Waals surface area contributed by atoms with Crippen molar-refractivity contribution in [1.29, 1.82) is 0 Å². The van der Waals surface area contributed by atoms with E-state index in [0.29, 0.717) is 5.92 Å². The number of anilines is 1. The first-order chi connectivity index (χ1) is 19.0. The maximum absolute atomic E-state index is 5.44. The van der Waals surface area contributed by atoms with Crippen LogP contribution >= 0.6 is 0 Å². The van der Waals surface area contributed by atoms with Gasteiger partial charge < -0.3 is 5.32 Å². The minimum Gasteiger partial charge on any atom is -0.370 e. The maximum atomic E-state index is 5.44. The predicted octanol–water partition coefficient (Wildman–Crippen LogP) is 9.00. The quantitative estimate of drug-likeness (QED) is 0.242. The first-order valence-electron chi connectivity index (χ1n) is 14.0. The van der Waals surface area contributed by atoms with Gasteiger partial charge in [0.2, 0.25) is 0 Å². The lowest BCUT2D eigenvalue weighted by molar-refractivity contribution is 0.661. The van der Waals surface area contributed by atoms with Gasteiger partial charge in [0.25, 0.3) is 0 Å². The molecule has 190 valence electrons. The van der Waals surface area contributed by atoms with Crippen molar-refractivity contribution in [1.82, 2.24) is 4.57 Å². The Balaban J connectivity index is 1.51. The number of hydrogen-bond acceptors (Lipinski definition) is 2. The molecule has 0 radical (unpaired) electrons. The van der Waals surface area contributed by atoms with Crippen LogP contribution in [-0.2, 0) is 5.41 Å². The molecule has 0 saturated carbocycles. The van der Waals surface area contributed by atoms with Crippen LogP contribution in [0.4, 0.5) is 11.4 Å². The second-order valence-electron chi connectivity index (χ2n) is 11.8. The van der Waals surface area contributed by atoms with E-state index in [1.165, 1.54) is 49.6 Å². The lowest BCUT2D eigenvalue weighted by atomic mass is 9.82. The van der Waals surface area contributed by atoms with Gasteiger partial charge in [0.15, 0.2) is 0 Å². The summed E-state index contributed by atoms with van der Waals surface area (Å²) in [5, 5.41) is 6.45. The summed E-state index contributed by atoms with van der Waals surface area (Å²) in [4.78, 5) is 5.44. The lowest BCUT2D eigenvalue weighted by Crippen LogP contribution is -2.39. The highest BCUT2D eigenvalue weighted by molar-refractivity contribution is 6.21. The highest BCUT2D eigenvalue weighted by Gasteiger charge is 2.39. The van der Waals surface area contributed by atoms with E-state index in [9.17, 15) is 0 Å². The molecule has 1 N–H and O–H groups in total. The van der Waals surface area contributed by atoms with Crippen molar-refractivity contribution < 1.29 is 0 Å². The van der Waals surface area contributed by atoms with Gasteiger partial charge in [-0.2, -0.15) is 0 Å². The molecule has 0 spiro atoms. The summed E-state index contributed by atoms with van der Waals surface area (Å²) >= 11 is 0. The summed E-state index contributed by atoms with van der Waals surface area (Å²) < 4.78 is 2.47. The second kappa shape index (κ2) is 8.07. The van der Waals surface area contributed by atoms with Crippen LogP contribution in [0, 0.1) is 5.92 Å². The third kappa shape index (κ3) is 3.13. The van der Waals surface area contributed by atoms with Gasteiger partial charge in [0.05, 0.1) is 22.4 Å². The maximum Gasteiger partial charge on any atom is 0.141 e. The summed E-state index contributed by atoms with van der Waals surface area (Å²) in [6.07, 6.45) is 7.81. The van der Waals surface area contributed by atoms with Crippen molar-refractivity contribution in [2.45, 2.75) is 38.6 Å². The summed E-state index contributed by atoms with van der Waals surface area (Å²) in [5.41, 5.74) is 11.3. The molecule has 2 heterocycles. The van der Waals surface area contributed by atoms with E-state index in [0.717, 1.165) is 23.6 Å². The largest absolute Gasteiger partial charge is 0.370 e. The summed E-state index contributed by atoms with van der Waals surface area (Å²) in [7, 11) is 0. The number of fused-ring (bicyclic) bond motifs is 8. The predicted molar refractivity (Wildman–Crippen MR) is 164 cm³/mol. The normalized spacial score (nSPS) is 20.7. The molecule has 1 aliphatic heterocycles. The molecule has 0 fully saturated rings. The fraction of sp³-hybridized carbons (Fsp3) is 0.194. The van der Waals surface area contributed by atoms with Crippen LogP contribution in [0.25, 0.3) is 32.9 Å². The van der Waals surface area contributed by atoms with Gasteiger partial charge in [-0.05, 0) is 52.8 Å². The van der Waals surface area contributed by atoms with Crippen LogP contribution in [0.3, 0.4) is 0 Å². The molecule has 2 unspecified atom stereocenters. The van der Waals surface area contributed by atoms with E-state index < -0.39 is 0 Å². The molecule has 0 bridgehead atoms. The van der Waals surface area contributed by atoms with Gasteiger partial charge >= 0.3 is 0 Å². The molecule has 0 amide bonds. The molecule has 3 heteroatoms. The smallest absolute Gasteiger partial charge is 0.141 e. The number of allylic oxidation sites excluding steroid dienone is 3. The van der Waals surface area contributed by atoms with E-state index in [-0.39, 0.29) is 11.5 Å². The number of aromatic nitrogens is 1. The molecular weight excluding hydrogens is 474 g/mol. The molecule has 39 heavy (non-hydrogen) atoms. The summed E-state index contributed by atoms with van der Waals surface area (Å²) in [6.45, 7) is 7.01. The number of hydrogen-bond donors (Lipinski definition) is 1. The topological polar surface area (TPSA) is 29.3 Å². The molecule has 3 nitrogen and oxygen atoms in total. The molecule has 0 saturated heterocycles. The Kier molecular flexibility index (Phi) is 4.67. The van der Waals surface area contributed by atoms with Crippen LogP contribution in [0.15, 0.2) is 114 Å². The van der Waals surface area contributed by atoms with Crippen molar-refractivity contribution >= 4 is 39.0 Å². The minimum atomic E-state index is -0.0633. The Morgan fingerprint density at radius 2 is 1.64 bits per heavy atom. The van der Waals surface area contributed by atoms with E-state index >= 15 is 0 Å². The Bertz CT molecular complexity index is 1910. The Labute approximate surface area is 229 Å². The third-order valence-corrected chi connectivity index (χ3v) is 8.98. The van der Waals surface area contributed by atoms with E-state index in [4.69, 9.17) is 4.99 Å². The molecule has 2 aliphatic carbocycles. The first kappa shape index (κ1) is 22.6. The fourth-order valence-corrected chi connectivity index (χ4v) is 7.11. The third-order valence-electron chi connectivity index (χ3n) is 8.98. The number of nitrogens with one attached hydrogen (secondary N) is 1. The average Bonchev–Trinajstić information content (AvgIpc) is 3.42. The number of aliphatic imine (C=N–C) groups is 1. The zero-order valence-corrected chi connectivity index (χ0v) is 22.6. The van der Waals surface area contributed by atoms with Gasteiger partial charge in [-0.1, -0.05) is 106 Å². The molecule has 5 aromatic rings. The van der Waals surface area contributed by atoms with Gasteiger partial charge in [0, 0.05) is 21.8 Å². The first-order valence-corrected chi connectivity index (χ1v) is 14.0. The molecule has 8 rings (SSSR count). The van der Waals surface area contributed by atoms with Crippen molar-refractivity contribution in [2.75, 3.05) is 5.32 Å². The van der Waals surface area contributed by atoms with E-state index in [1.54, 1.807) is 0 Å². The van der Waals surface area contributed by atoms with Gasteiger partial charge in [0.1, 0.15) is 11.9 Å². The number of nitrogens with zero attached hydrogens (tertiary/aromatic N) is 2. The van der Waals surface area contributed by atoms with Crippen LogP contribution in [-0.4, -0.2) is 16.4 Å². The van der Waals surface area contributed by atoms with Crippen molar-refractivity contribution in [3.8, 4) is 11.1 Å². The highest BCUT2D eigenvalue weighted by atomic mass is 15.2. The van der Waals surface area contributed by atoms with Crippen LogP contribution in [0.5, 0.6) is 0 Å². The van der Waals surface area contributed by atoms with Gasteiger partial charge in [-0.3, -0.25) is 4.57 Å². The minimum absolute atomic E-state index is 0.0215. The monoisotopic (exact) mass is 505 g/mol. The molecule has 3 aliphatic rings. The molecular formula is C36H31N3. The fourth-order valence-electron chi connectivity index (χ4n) is 7.11. The highest BCUT2D eigenvalue weighted by Crippen LogP contribution is 2.52. The zero-order chi connectivity index (χ0) is 26.3. The molecule has 4 aromatic carbocycles. The van der Waals surface area contributed by atoms with Crippen molar-refractivity contribution in [3.63, 3.8) is 0 Å². The zero-order valence-electron chi connectivity index (χ0n) is 22.6. The van der Waals surface area contributed by atoms with Crippen molar-refractivity contribution in [2.24, 2.45) is 10.9 Å². The lowest BCUT2D eigenvalue weighted by Gasteiger charge is -2.32. The number of para-hydroxylation sites is 3. The SMILES string of the molecule is CC1C=CC=C(C2Nc3ccccc3N=C2n2c3ccccc3c3ccc4c(c32)-c2ccccc2C4(C)C)C1.